The first-order chi connectivity index (χ1) is 7.93. The number of carbonyl (C=O) groups excluding carboxylic acids is 1. The van der Waals surface area contributed by atoms with Crippen LogP contribution in [0.4, 0.5) is 0 Å². The van der Waals surface area contributed by atoms with E-state index in [0.29, 0.717) is 6.54 Å². The second-order valence-corrected chi connectivity index (χ2v) is 3.55. The summed E-state index contributed by atoms with van der Waals surface area (Å²) in [7, 11) is 0. The van der Waals surface area contributed by atoms with Gasteiger partial charge in [-0.25, -0.2) is 0 Å². The fourth-order valence-electron chi connectivity index (χ4n) is 0.902. The molecule has 1 amide bonds. The van der Waals surface area contributed by atoms with Crippen LogP contribution < -0.4 is 5.32 Å². The van der Waals surface area contributed by atoms with Crippen LogP contribution in [-0.4, -0.2) is 17.4 Å². The molecule has 0 rings (SSSR count). The van der Waals surface area contributed by atoms with Crippen LogP contribution in [0, 0.1) is 22.5 Å². The van der Waals surface area contributed by atoms with Crippen LogP contribution in [0.15, 0.2) is 22.4 Å². The van der Waals surface area contributed by atoms with E-state index < -0.39 is 10.8 Å². The minimum atomic E-state index is -0.617. The Balaban J connectivity index is 5.21. The Morgan fingerprint density at radius 3 is 2.65 bits per heavy atom. The SMILES string of the molecule is C#C/C(Cl)=C(\C=C(/C)[N+](=O)[O-])C(=O)NCCC. The number of nitro groups is 1. The van der Waals surface area contributed by atoms with Crippen molar-refractivity contribution in [2.45, 2.75) is 20.3 Å². The maximum absolute atomic E-state index is 11.6. The highest BCUT2D eigenvalue weighted by atomic mass is 35.5. The third-order valence-electron chi connectivity index (χ3n) is 1.78. The third kappa shape index (κ3) is 5.18. The Morgan fingerprint density at radius 1 is 1.65 bits per heavy atom. The van der Waals surface area contributed by atoms with E-state index in [1.54, 1.807) is 0 Å². The third-order valence-corrected chi connectivity index (χ3v) is 2.10. The standard InChI is InChI=1S/C11H13ClN2O3/c1-4-6-13-11(15)9(10(12)5-2)7-8(3)14(16)17/h2,7H,4,6H2,1,3H3,(H,13,15)/b8-7+,10-9-. The summed E-state index contributed by atoms with van der Waals surface area (Å²) in [5.41, 5.74) is -0.281. The van der Waals surface area contributed by atoms with E-state index in [0.717, 1.165) is 12.5 Å². The number of halogens is 1. The predicted octanol–water partition coefficient (Wildman–Crippen LogP) is 1.82. The molecule has 0 saturated carbocycles. The molecule has 0 aliphatic heterocycles. The summed E-state index contributed by atoms with van der Waals surface area (Å²) in [5.74, 6) is 1.57. The fourth-order valence-corrected chi connectivity index (χ4v) is 1.04. The molecule has 0 aliphatic carbocycles. The molecule has 92 valence electrons. The fraction of sp³-hybridized carbons (Fsp3) is 0.364. The van der Waals surface area contributed by atoms with Gasteiger partial charge in [-0.15, -0.1) is 6.42 Å². The highest BCUT2D eigenvalue weighted by molar-refractivity contribution is 6.34. The van der Waals surface area contributed by atoms with Gasteiger partial charge in [0.15, 0.2) is 0 Å². The number of hydrogen-bond acceptors (Lipinski definition) is 3. The van der Waals surface area contributed by atoms with Crippen LogP contribution in [0.1, 0.15) is 20.3 Å². The van der Waals surface area contributed by atoms with Crippen molar-refractivity contribution in [1.82, 2.24) is 5.32 Å². The van der Waals surface area contributed by atoms with E-state index in [9.17, 15) is 14.9 Å². The normalized spacial score (nSPS) is 12.5. The molecule has 0 aromatic carbocycles. The number of hydrogen-bond donors (Lipinski definition) is 1. The van der Waals surface area contributed by atoms with E-state index in [1.165, 1.54) is 6.92 Å². The Morgan fingerprint density at radius 2 is 2.24 bits per heavy atom. The summed E-state index contributed by atoms with van der Waals surface area (Å²) in [5, 5.41) is 12.9. The highest BCUT2D eigenvalue weighted by Gasteiger charge is 2.14. The summed E-state index contributed by atoms with van der Waals surface area (Å²) in [6.07, 6.45) is 6.88. The molecular weight excluding hydrogens is 244 g/mol. The second kappa shape index (κ2) is 7.47. The van der Waals surface area contributed by atoms with Gasteiger partial charge in [0.25, 0.3) is 5.91 Å². The Hall–Kier alpha value is -1.80. The van der Waals surface area contributed by atoms with Crippen LogP contribution in [0.25, 0.3) is 0 Å². The zero-order valence-corrected chi connectivity index (χ0v) is 10.4. The summed E-state index contributed by atoms with van der Waals surface area (Å²) in [6, 6.07) is 0. The molecule has 0 saturated heterocycles. The number of carbonyl (C=O) groups is 1. The molecule has 5 nitrogen and oxygen atoms in total. The number of allylic oxidation sites excluding steroid dienone is 2. The van der Waals surface area contributed by atoms with Crippen molar-refractivity contribution < 1.29 is 9.72 Å². The van der Waals surface area contributed by atoms with Crippen LogP contribution in [0.3, 0.4) is 0 Å². The lowest BCUT2D eigenvalue weighted by atomic mass is 10.2. The van der Waals surface area contributed by atoms with Crippen LogP contribution in [0.5, 0.6) is 0 Å². The Bertz CT molecular complexity index is 419. The first-order valence-electron chi connectivity index (χ1n) is 4.91. The summed E-state index contributed by atoms with van der Waals surface area (Å²) < 4.78 is 0. The van der Waals surface area contributed by atoms with E-state index in [1.807, 2.05) is 6.92 Å². The number of amides is 1. The number of nitrogens with zero attached hydrogens (tertiary/aromatic N) is 1. The van der Waals surface area contributed by atoms with Crippen LogP contribution in [-0.2, 0) is 4.79 Å². The summed E-state index contributed by atoms with van der Waals surface area (Å²) in [4.78, 5) is 21.5. The average molecular weight is 257 g/mol. The molecule has 1 N–H and O–H groups in total. The van der Waals surface area contributed by atoms with Gasteiger partial charge in [0.1, 0.15) is 5.03 Å². The van der Waals surface area contributed by atoms with E-state index in [-0.39, 0.29) is 16.3 Å². The first kappa shape index (κ1) is 15.2. The van der Waals surface area contributed by atoms with Crippen molar-refractivity contribution in [2.75, 3.05) is 6.54 Å². The maximum Gasteiger partial charge on any atom is 0.253 e. The second-order valence-electron chi connectivity index (χ2n) is 3.17. The lowest BCUT2D eigenvalue weighted by molar-refractivity contribution is -0.424. The maximum atomic E-state index is 11.6. The molecule has 0 aromatic rings. The van der Waals surface area contributed by atoms with Crippen LogP contribution >= 0.6 is 11.6 Å². The molecule has 0 fully saturated rings. The van der Waals surface area contributed by atoms with Crippen molar-refractivity contribution in [1.29, 1.82) is 0 Å². The van der Waals surface area contributed by atoms with Gasteiger partial charge in [-0.1, -0.05) is 24.4 Å². The number of terminal acetylenes is 1. The Labute approximate surface area is 105 Å². The zero-order chi connectivity index (χ0) is 13.4. The van der Waals surface area contributed by atoms with Crippen molar-refractivity contribution in [3.63, 3.8) is 0 Å². The summed E-state index contributed by atoms with van der Waals surface area (Å²) >= 11 is 5.67. The highest BCUT2D eigenvalue weighted by Crippen LogP contribution is 2.13. The van der Waals surface area contributed by atoms with Gasteiger partial charge < -0.3 is 5.32 Å². The lowest BCUT2D eigenvalue weighted by Crippen LogP contribution is -2.25. The minimum absolute atomic E-state index is 0.0724. The number of rotatable bonds is 5. The van der Waals surface area contributed by atoms with Crippen molar-refractivity contribution in [3.05, 3.63) is 32.5 Å². The molecule has 0 atom stereocenters. The molecule has 6 heteroatoms. The largest absolute Gasteiger partial charge is 0.352 e. The average Bonchev–Trinajstić information content (AvgIpc) is 2.31. The molecule has 17 heavy (non-hydrogen) atoms. The minimum Gasteiger partial charge on any atom is -0.352 e. The van der Waals surface area contributed by atoms with E-state index >= 15 is 0 Å². The van der Waals surface area contributed by atoms with E-state index in [2.05, 4.69) is 11.2 Å². The van der Waals surface area contributed by atoms with Gasteiger partial charge in [0.2, 0.25) is 5.70 Å². The van der Waals surface area contributed by atoms with Gasteiger partial charge in [-0.2, -0.15) is 0 Å². The molecule has 0 spiro atoms. The number of nitrogens with one attached hydrogen (secondary N) is 1. The molecule has 0 unspecified atom stereocenters. The van der Waals surface area contributed by atoms with Crippen LogP contribution in [0.2, 0.25) is 0 Å². The topological polar surface area (TPSA) is 72.2 Å². The van der Waals surface area contributed by atoms with Crippen molar-refractivity contribution >= 4 is 17.5 Å². The smallest absolute Gasteiger partial charge is 0.253 e. The Kier molecular flexibility index (Phi) is 6.68. The van der Waals surface area contributed by atoms with Gasteiger partial charge in [-0.05, 0) is 6.42 Å². The molecule has 0 aliphatic rings. The van der Waals surface area contributed by atoms with E-state index in [4.69, 9.17) is 18.0 Å². The first-order valence-corrected chi connectivity index (χ1v) is 5.29. The molecule has 0 radical (unpaired) electrons. The lowest BCUT2D eigenvalue weighted by Gasteiger charge is -2.04. The molecule has 0 aromatic heterocycles. The molecular formula is C11H13ClN2O3. The quantitative estimate of drug-likeness (QED) is 0.268. The van der Waals surface area contributed by atoms with Crippen molar-refractivity contribution in [2.24, 2.45) is 0 Å². The predicted molar refractivity (Wildman–Crippen MR) is 65.8 cm³/mol. The monoisotopic (exact) mass is 256 g/mol. The zero-order valence-electron chi connectivity index (χ0n) is 9.62. The molecule has 0 heterocycles. The molecule has 0 bridgehead atoms. The van der Waals surface area contributed by atoms with Gasteiger partial charge in [-0.3, -0.25) is 14.9 Å². The van der Waals surface area contributed by atoms with Gasteiger partial charge in [0.05, 0.1) is 10.5 Å². The summed E-state index contributed by atoms with van der Waals surface area (Å²) in [6.45, 7) is 3.58. The van der Waals surface area contributed by atoms with Gasteiger partial charge in [0, 0.05) is 19.5 Å². The van der Waals surface area contributed by atoms with Gasteiger partial charge >= 0.3 is 0 Å². The van der Waals surface area contributed by atoms with Crippen molar-refractivity contribution in [3.8, 4) is 12.3 Å².